The first-order valence-electron chi connectivity index (χ1n) is 5.14. The highest BCUT2D eigenvalue weighted by molar-refractivity contribution is 6.32. The fourth-order valence-corrected chi connectivity index (χ4v) is 1.55. The maximum atomic E-state index is 9.62. The van der Waals surface area contributed by atoms with Crippen molar-refractivity contribution in [3.8, 4) is 5.75 Å². The number of halogens is 1. The van der Waals surface area contributed by atoms with Gasteiger partial charge in [-0.1, -0.05) is 11.6 Å². The highest BCUT2D eigenvalue weighted by atomic mass is 35.5. The van der Waals surface area contributed by atoms with Gasteiger partial charge in [0.05, 0.1) is 17.7 Å². The molecular weight excluding hydrogens is 226 g/mol. The van der Waals surface area contributed by atoms with Crippen molar-refractivity contribution >= 4 is 17.3 Å². The van der Waals surface area contributed by atoms with E-state index in [1.165, 1.54) is 0 Å². The highest BCUT2D eigenvalue weighted by Gasteiger charge is 2.13. The van der Waals surface area contributed by atoms with Crippen molar-refractivity contribution in [2.75, 3.05) is 19.0 Å². The summed E-state index contributed by atoms with van der Waals surface area (Å²) in [4.78, 5) is 0. The van der Waals surface area contributed by atoms with Gasteiger partial charge >= 0.3 is 0 Å². The molecule has 1 aromatic carbocycles. The zero-order valence-electron chi connectivity index (χ0n) is 10.1. The number of nitrogens with one attached hydrogen (secondary N) is 1. The van der Waals surface area contributed by atoms with E-state index in [9.17, 15) is 5.11 Å². The van der Waals surface area contributed by atoms with Crippen LogP contribution in [0.1, 0.15) is 19.4 Å². The SMILES string of the molecule is COc1cc(C)c(NCC(C)(C)O)cc1Cl. The minimum atomic E-state index is -0.751. The molecule has 16 heavy (non-hydrogen) atoms. The number of aliphatic hydroxyl groups is 1. The van der Waals surface area contributed by atoms with Crippen molar-refractivity contribution < 1.29 is 9.84 Å². The smallest absolute Gasteiger partial charge is 0.137 e. The molecule has 0 unspecified atom stereocenters. The summed E-state index contributed by atoms with van der Waals surface area (Å²) in [6.45, 7) is 5.93. The minimum absolute atomic E-state index is 0.469. The molecule has 0 aromatic heterocycles. The third-order valence-electron chi connectivity index (χ3n) is 2.21. The van der Waals surface area contributed by atoms with E-state index >= 15 is 0 Å². The first-order valence-corrected chi connectivity index (χ1v) is 5.51. The van der Waals surface area contributed by atoms with Crippen molar-refractivity contribution in [3.63, 3.8) is 0 Å². The zero-order valence-corrected chi connectivity index (χ0v) is 10.9. The van der Waals surface area contributed by atoms with Crippen molar-refractivity contribution in [2.24, 2.45) is 0 Å². The van der Waals surface area contributed by atoms with Gasteiger partial charge in [-0.2, -0.15) is 0 Å². The quantitative estimate of drug-likeness (QED) is 0.855. The van der Waals surface area contributed by atoms with Gasteiger partial charge in [-0.15, -0.1) is 0 Å². The average Bonchev–Trinajstić information content (AvgIpc) is 2.17. The van der Waals surface area contributed by atoms with Crippen LogP contribution in [-0.2, 0) is 0 Å². The van der Waals surface area contributed by atoms with Crippen molar-refractivity contribution in [1.82, 2.24) is 0 Å². The van der Waals surface area contributed by atoms with Crippen molar-refractivity contribution in [1.29, 1.82) is 0 Å². The molecule has 0 radical (unpaired) electrons. The van der Waals surface area contributed by atoms with Crippen LogP contribution in [0.4, 0.5) is 5.69 Å². The molecule has 0 aliphatic rings. The molecule has 0 aliphatic heterocycles. The topological polar surface area (TPSA) is 41.5 Å². The molecule has 0 bridgehead atoms. The van der Waals surface area contributed by atoms with Crippen LogP contribution in [0.3, 0.4) is 0 Å². The van der Waals surface area contributed by atoms with Gasteiger partial charge in [-0.3, -0.25) is 0 Å². The van der Waals surface area contributed by atoms with Crippen molar-refractivity contribution in [3.05, 3.63) is 22.7 Å². The van der Waals surface area contributed by atoms with Crippen LogP contribution >= 0.6 is 11.6 Å². The standard InChI is InChI=1S/C12H18ClNO2/c1-8-5-11(16-4)9(13)6-10(8)14-7-12(2,3)15/h5-6,14-15H,7H2,1-4H3. The van der Waals surface area contributed by atoms with Gasteiger partial charge in [0.1, 0.15) is 5.75 Å². The minimum Gasteiger partial charge on any atom is -0.495 e. The number of hydrogen-bond acceptors (Lipinski definition) is 3. The Kier molecular flexibility index (Phi) is 4.05. The second-order valence-electron chi connectivity index (χ2n) is 4.47. The van der Waals surface area contributed by atoms with Crippen LogP contribution in [0.2, 0.25) is 5.02 Å². The Labute approximate surface area is 101 Å². The Morgan fingerprint density at radius 1 is 1.44 bits per heavy atom. The molecule has 0 saturated heterocycles. The molecule has 90 valence electrons. The van der Waals surface area contributed by atoms with Gasteiger partial charge in [0.2, 0.25) is 0 Å². The van der Waals surface area contributed by atoms with E-state index in [2.05, 4.69) is 5.32 Å². The van der Waals surface area contributed by atoms with E-state index in [1.54, 1.807) is 21.0 Å². The van der Waals surface area contributed by atoms with Crippen LogP contribution in [0, 0.1) is 6.92 Å². The molecule has 0 atom stereocenters. The molecule has 0 saturated carbocycles. The molecule has 4 heteroatoms. The van der Waals surface area contributed by atoms with E-state index in [0.717, 1.165) is 11.3 Å². The van der Waals surface area contributed by atoms with E-state index in [1.807, 2.05) is 19.1 Å². The van der Waals surface area contributed by atoms with E-state index in [0.29, 0.717) is 17.3 Å². The maximum Gasteiger partial charge on any atom is 0.137 e. The second kappa shape index (κ2) is 4.93. The Hall–Kier alpha value is -0.930. The lowest BCUT2D eigenvalue weighted by atomic mass is 10.1. The van der Waals surface area contributed by atoms with Gasteiger partial charge in [0.25, 0.3) is 0 Å². The highest BCUT2D eigenvalue weighted by Crippen LogP contribution is 2.30. The molecule has 1 rings (SSSR count). The van der Waals surface area contributed by atoms with Crippen LogP contribution in [0.25, 0.3) is 0 Å². The molecule has 1 aromatic rings. The Morgan fingerprint density at radius 3 is 2.56 bits per heavy atom. The predicted octanol–water partition coefficient (Wildman–Crippen LogP) is 2.84. The summed E-state index contributed by atoms with van der Waals surface area (Å²) >= 11 is 6.02. The van der Waals surface area contributed by atoms with E-state index < -0.39 is 5.60 Å². The van der Waals surface area contributed by atoms with Crippen LogP contribution in [-0.4, -0.2) is 24.4 Å². The number of aryl methyl sites for hydroxylation is 1. The lowest BCUT2D eigenvalue weighted by Crippen LogP contribution is -2.29. The molecule has 0 aliphatic carbocycles. The summed E-state index contributed by atoms with van der Waals surface area (Å²) in [5.74, 6) is 0.660. The third kappa shape index (κ3) is 3.58. The van der Waals surface area contributed by atoms with Crippen LogP contribution < -0.4 is 10.1 Å². The number of ether oxygens (including phenoxy) is 1. The normalized spacial score (nSPS) is 11.4. The third-order valence-corrected chi connectivity index (χ3v) is 2.51. The van der Waals surface area contributed by atoms with Crippen LogP contribution in [0.15, 0.2) is 12.1 Å². The zero-order chi connectivity index (χ0) is 12.3. The van der Waals surface area contributed by atoms with Gasteiger partial charge in [0, 0.05) is 12.2 Å². The second-order valence-corrected chi connectivity index (χ2v) is 4.87. The molecule has 0 amide bonds. The largest absolute Gasteiger partial charge is 0.495 e. The average molecular weight is 244 g/mol. The molecule has 0 heterocycles. The van der Waals surface area contributed by atoms with Gasteiger partial charge in [-0.25, -0.2) is 0 Å². The summed E-state index contributed by atoms with van der Waals surface area (Å²) in [7, 11) is 1.59. The number of methoxy groups -OCH3 is 1. The fourth-order valence-electron chi connectivity index (χ4n) is 1.31. The summed E-state index contributed by atoms with van der Waals surface area (Å²) in [5.41, 5.74) is 1.19. The Balaban J connectivity index is 2.86. The first kappa shape index (κ1) is 13.1. The van der Waals surface area contributed by atoms with E-state index in [-0.39, 0.29) is 0 Å². The molecule has 3 nitrogen and oxygen atoms in total. The summed E-state index contributed by atoms with van der Waals surface area (Å²) in [5, 5.41) is 13.3. The predicted molar refractivity (Wildman–Crippen MR) is 67.5 cm³/mol. The molecular formula is C12H18ClNO2. The molecule has 2 N–H and O–H groups in total. The number of anilines is 1. The molecule has 0 spiro atoms. The molecule has 0 fully saturated rings. The van der Waals surface area contributed by atoms with Crippen molar-refractivity contribution in [2.45, 2.75) is 26.4 Å². The summed E-state index contributed by atoms with van der Waals surface area (Å²) in [6, 6.07) is 3.68. The van der Waals surface area contributed by atoms with E-state index in [4.69, 9.17) is 16.3 Å². The number of hydrogen-bond donors (Lipinski definition) is 2. The first-order chi connectivity index (χ1) is 7.33. The summed E-state index contributed by atoms with van der Waals surface area (Å²) < 4.78 is 5.12. The van der Waals surface area contributed by atoms with Gasteiger partial charge < -0.3 is 15.2 Å². The maximum absolute atomic E-state index is 9.62. The van der Waals surface area contributed by atoms with Gasteiger partial charge in [0.15, 0.2) is 0 Å². The Bertz CT molecular complexity index is 372. The van der Waals surface area contributed by atoms with Crippen LogP contribution in [0.5, 0.6) is 5.75 Å². The fraction of sp³-hybridized carbons (Fsp3) is 0.500. The number of benzene rings is 1. The van der Waals surface area contributed by atoms with Gasteiger partial charge in [-0.05, 0) is 38.5 Å². The number of rotatable bonds is 4. The summed E-state index contributed by atoms with van der Waals surface area (Å²) in [6.07, 6.45) is 0. The Morgan fingerprint density at radius 2 is 2.06 bits per heavy atom. The lowest BCUT2D eigenvalue weighted by Gasteiger charge is -2.20. The lowest BCUT2D eigenvalue weighted by molar-refractivity contribution is 0.0945. The monoisotopic (exact) mass is 243 g/mol.